The average molecular weight is 525 g/mol. The van der Waals surface area contributed by atoms with Gasteiger partial charge in [0.15, 0.2) is 0 Å². The van der Waals surface area contributed by atoms with Gasteiger partial charge in [0, 0.05) is 11.6 Å². The van der Waals surface area contributed by atoms with Crippen LogP contribution in [-0.4, -0.2) is 41.6 Å². The summed E-state index contributed by atoms with van der Waals surface area (Å²) >= 11 is 0. The van der Waals surface area contributed by atoms with E-state index in [-0.39, 0.29) is 34.3 Å². The van der Waals surface area contributed by atoms with Crippen molar-refractivity contribution in [3.8, 4) is 17.1 Å². The van der Waals surface area contributed by atoms with Crippen molar-refractivity contribution in [1.29, 1.82) is 0 Å². The number of sulfonamides is 1. The second-order valence-electron chi connectivity index (χ2n) is 10.6. The van der Waals surface area contributed by atoms with Crippen LogP contribution in [-0.2, 0) is 10.0 Å². The minimum atomic E-state index is -4.18. The standard InChI is InChI=1S/C27H32N4O5S/c1-17-7-5-8-18(2)23(17)21-14-22(36-16-27(28)12-11-26(3,4)15-27)30-25(29-21)31-37(34,35)20-10-6-9-19(13-20)24(32)33/h5-10,13-14H,11-12,15-16,28H2,1-4H3,(H,32,33)(H,29,30,31). The number of aromatic nitrogens is 2. The van der Waals surface area contributed by atoms with Crippen LogP contribution >= 0.6 is 0 Å². The van der Waals surface area contributed by atoms with Crippen molar-refractivity contribution >= 4 is 21.9 Å². The van der Waals surface area contributed by atoms with E-state index >= 15 is 0 Å². The van der Waals surface area contributed by atoms with Crippen LogP contribution in [0.1, 0.15) is 54.6 Å². The van der Waals surface area contributed by atoms with Gasteiger partial charge in [0.25, 0.3) is 10.0 Å². The first-order chi connectivity index (χ1) is 17.3. The van der Waals surface area contributed by atoms with E-state index < -0.39 is 21.5 Å². The van der Waals surface area contributed by atoms with Crippen LogP contribution < -0.4 is 15.2 Å². The Kier molecular flexibility index (Phi) is 7.00. The Balaban J connectivity index is 1.71. The maximum atomic E-state index is 13.1. The van der Waals surface area contributed by atoms with E-state index in [9.17, 15) is 18.3 Å². The highest BCUT2D eigenvalue weighted by molar-refractivity contribution is 7.92. The summed E-state index contributed by atoms with van der Waals surface area (Å²) in [7, 11) is -4.18. The normalized spacial score (nSPS) is 18.9. The molecule has 2 aromatic carbocycles. The number of aromatic carboxylic acids is 1. The second-order valence-corrected chi connectivity index (χ2v) is 12.3. The molecule has 9 nitrogen and oxygen atoms in total. The van der Waals surface area contributed by atoms with Crippen LogP contribution in [0.5, 0.6) is 5.88 Å². The average Bonchev–Trinajstić information content (AvgIpc) is 3.10. The third-order valence-corrected chi connectivity index (χ3v) is 8.02. The van der Waals surface area contributed by atoms with Crippen molar-refractivity contribution in [3.63, 3.8) is 0 Å². The lowest BCUT2D eigenvalue weighted by atomic mass is 9.88. The van der Waals surface area contributed by atoms with E-state index in [1.54, 1.807) is 6.07 Å². The largest absolute Gasteiger partial charge is 0.478 e. The molecular weight excluding hydrogens is 492 g/mol. The summed E-state index contributed by atoms with van der Waals surface area (Å²) in [5.74, 6) is -1.22. The van der Waals surface area contributed by atoms with E-state index in [1.807, 2.05) is 32.0 Å². The predicted octanol–water partition coefficient (Wildman–Crippen LogP) is 4.55. The van der Waals surface area contributed by atoms with E-state index in [4.69, 9.17) is 10.5 Å². The lowest BCUT2D eigenvalue weighted by Gasteiger charge is -2.26. The molecule has 10 heteroatoms. The van der Waals surface area contributed by atoms with Crippen LogP contribution in [0.25, 0.3) is 11.3 Å². The SMILES string of the molecule is Cc1cccc(C)c1-c1cc(OCC2(N)CCC(C)(C)C2)nc(NS(=O)(=O)c2cccc(C(=O)O)c2)n1. The number of ether oxygens (including phenoxy) is 1. The van der Waals surface area contributed by atoms with Crippen LogP contribution in [0.2, 0.25) is 0 Å². The highest BCUT2D eigenvalue weighted by Crippen LogP contribution is 2.42. The highest BCUT2D eigenvalue weighted by Gasteiger charge is 2.41. The molecule has 1 aromatic heterocycles. The van der Waals surface area contributed by atoms with Crippen molar-refractivity contribution in [3.05, 3.63) is 65.2 Å². The third kappa shape index (κ3) is 6.08. The molecule has 1 atom stereocenters. The number of hydrogen-bond acceptors (Lipinski definition) is 7. The van der Waals surface area contributed by atoms with Crippen LogP contribution in [0.3, 0.4) is 0 Å². The van der Waals surface area contributed by atoms with E-state index in [1.165, 1.54) is 18.2 Å². The van der Waals surface area contributed by atoms with Gasteiger partial charge in [-0.3, -0.25) is 0 Å². The van der Waals surface area contributed by atoms with Crippen LogP contribution in [0.15, 0.2) is 53.4 Å². The Labute approximate surface area is 217 Å². The molecule has 3 aromatic rings. The molecule has 0 bridgehead atoms. The Hall–Kier alpha value is -3.50. The lowest BCUT2D eigenvalue weighted by Crippen LogP contribution is -2.43. The van der Waals surface area contributed by atoms with Crippen molar-refractivity contribution in [2.75, 3.05) is 11.3 Å². The quantitative estimate of drug-likeness (QED) is 0.389. The molecule has 4 rings (SSSR count). The molecule has 1 heterocycles. The van der Waals surface area contributed by atoms with E-state index in [0.29, 0.717) is 5.69 Å². The van der Waals surface area contributed by atoms with Gasteiger partial charge in [0.05, 0.1) is 21.7 Å². The van der Waals surface area contributed by atoms with Crippen molar-refractivity contribution < 1.29 is 23.1 Å². The van der Waals surface area contributed by atoms with Gasteiger partial charge in [-0.25, -0.2) is 22.9 Å². The summed E-state index contributed by atoms with van der Waals surface area (Å²) in [6.45, 7) is 8.48. The number of carbonyl (C=O) groups is 1. The zero-order valence-corrected chi connectivity index (χ0v) is 22.2. The van der Waals surface area contributed by atoms with Crippen molar-refractivity contribution in [2.45, 2.75) is 57.4 Å². The van der Waals surface area contributed by atoms with Gasteiger partial charge in [0.2, 0.25) is 11.8 Å². The molecular formula is C27H32N4O5S. The van der Waals surface area contributed by atoms with Gasteiger partial charge in [-0.1, -0.05) is 38.1 Å². The first kappa shape index (κ1) is 26.6. The Morgan fingerprint density at radius 1 is 1.08 bits per heavy atom. The summed E-state index contributed by atoms with van der Waals surface area (Å²) in [4.78, 5) is 19.9. The summed E-state index contributed by atoms with van der Waals surface area (Å²) in [5.41, 5.74) is 9.33. The molecule has 0 radical (unpaired) electrons. The van der Waals surface area contributed by atoms with Gasteiger partial charge in [-0.2, -0.15) is 4.98 Å². The zero-order valence-electron chi connectivity index (χ0n) is 21.4. The molecule has 1 aliphatic carbocycles. The number of carboxylic acid groups (broad SMARTS) is 1. The van der Waals surface area contributed by atoms with Gasteiger partial charge in [-0.15, -0.1) is 0 Å². The fourth-order valence-electron chi connectivity index (χ4n) is 4.92. The summed E-state index contributed by atoms with van der Waals surface area (Å²) in [6.07, 6.45) is 2.60. The van der Waals surface area contributed by atoms with Gasteiger partial charge in [0.1, 0.15) is 6.61 Å². The number of rotatable bonds is 8. The molecule has 0 saturated heterocycles. The number of nitrogens with two attached hydrogens (primary N) is 1. The van der Waals surface area contributed by atoms with E-state index in [0.717, 1.165) is 42.0 Å². The topological polar surface area (TPSA) is 144 Å². The van der Waals surface area contributed by atoms with E-state index in [2.05, 4.69) is 28.5 Å². The number of carboxylic acids is 1. The lowest BCUT2D eigenvalue weighted by molar-refractivity contribution is 0.0696. The zero-order chi connectivity index (χ0) is 27.0. The minimum Gasteiger partial charge on any atom is -0.478 e. The highest BCUT2D eigenvalue weighted by atomic mass is 32.2. The Morgan fingerprint density at radius 2 is 1.76 bits per heavy atom. The molecule has 1 aliphatic rings. The number of nitrogens with one attached hydrogen (secondary N) is 1. The van der Waals surface area contributed by atoms with Crippen LogP contribution in [0, 0.1) is 19.3 Å². The molecule has 196 valence electrons. The van der Waals surface area contributed by atoms with Gasteiger partial charge >= 0.3 is 5.97 Å². The second kappa shape index (κ2) is 9.75. The first-order valence-corrected chi connectivity index (χ1v) is 13.5. The fraction of sp³-hybridized carbons (Fsp3) is 0.370. The molecule has 1 fully saturated rings. The Morgan fingerprint density at radius 3 is 2.38 bits per heavy atom. The number of benzene rings is 2. The summed E-state index contributed by atoms with van der Waals surface area (Å²) < 4.78 is 34.7. The molecule has 37 heavy (non-hydrogen) atoms. The van der Waals surface area contributed by atoms with Gasteiger partial charge < -0.3 is 15.6 Å². The molecule has 0 aliphatic heterocycles. The monoisotopic (exact) mass is 524 g/mol. The van der Waals surface area contributed by atoms with Crippen molar-refractivity contribution in [1.82, 2.24) is 9.97 Å². The first-order valence-electron chi connectivity index (χ1n) is 12.0. The smallest absolute Gasteiger partial charge is 0.335 e. The predicted molar refractivity (Wildman–Crippen MR) is 141 cm³/mol. The molecule has 1 saturated carbocycles. The molecule has 0 spiro atoms. The number of anilines is 1. The number of hydrogen-bond donors (Lipinski definition) is 3. The number of nitrogens with zero attached hydrogens (tertiary/aromatic N) is 2. The molecule has 0 amide bonds. The molecule has 1 unspecified atom stereocenters. The summed E-state index contributed by atoms with van der Waals surface area (Å²) in [6, 6.07) is 12.6. The van der Waals surface area contributed by atoms with Crippen molar-refractivity contribution in [2.24, 2.45) is 11.1 Å². The molecule has 4 N–H and O–H groups in total. The van der Waals surface area contributed by atoms with Gasteiger partial charge in [-0.05, 0) is 67.9 Å². The third-order valence-electron chi connectivity index (χ3n) is 6.69. The minimum absolute atomic E-state index is 0.124. The Bertz CT molecular complexity index is 1430. The maximum absolute atomic E-state index is 13.1. The summed E-state index contributed by atoms with van der Waals surface area (Å²) in [5, 5.41) is 9.25. The maximum Gasteiger partial charge on any atom is 0.335 e. The number of aryl methyl sites for hydroxylation is 2. The van der Waals surface area contributed by atoms with Crippen LogP contribution in [0.4, 0.5) is 5.95 Å². The fourth-order valence-corrected chi connectivity index (χ4v) is 5.91.